The summed E-state index contributed by atoms with van der Waals surface area (Å²) in [7, 11) is 0. The fourth-order valence-electron chi connectivity index (χ4n) is 3.84. The summed E-state index contributed by atoms with van der Waals surface area (Å²) >= 11 is 1.77. The maximum atomic E-state index is 5.98. The first-order valence-electron chi connectivity index (χ1n) is 7.56. The van der Waals surface area contributed by atoms with Crippen molar-refractivity contribution in [2.45, 2.75) is 18.6 Å². The van der Waals surface area contributed by atoms with Crippen LogP contribution < -0.4 is 5.48 Å². The summed E-state index contributed by atoms with van der Waals surface area (Å²) in [5.41, 5.74) is 3.87. The molecule has 4 aliphatic heterocycles. The summed E-state index contributed by atoms with van der Waals surface area (Å²) in [6.07, 6.45) is 2.39. The van der Waals surface area contributed by atoms with Crippen molar-refractivity contribution in [2.24, 2.45) is 10.9 Å². The molecular formula is C16H17N3OS. The van der Waals surface area contributed by atoms with Crippen molar-refractivity contribution in [1.82, 2.24) is 10.4 Å². The molecule has 1 N–H and O–H groups in total. The number of nitrogens with zero attached hydrogens (tertiary/aromatic N) is 2. The van der Waals surface area contributed by atoms with Crippen LogP contribution in [0.3, 0.4) is 0 Å². The predicted octanol–water partition coefficient (Wildman–Crippen LogP) is 2.60. The zero-order valence-corrected chi connectivity index (χ0v) is 12.5. The Labute approximate surface area is 127 Å². The SMILES string of the molecule is c1cc2cc(C3=NC4(CN5CCC4CC5)ON3)ccc2s1. The average molecular weight is 299 g/mol. The van der Waals surface area contributed by atoms with E-state index < -0.39 is 0 Å². The summed E-state index contributed by atoms with van der Waals surface area (Å²) < 4.78 is 1.32. The topological polar surface area (TPSA) is 36.9 Å². The summed E-state index contributed by atoms with van der Waals surface area (Å²) in [4.78, 5) is 13.4. The van der Waals surface area contributed by atoms with Gasteiger partial charge in [0.25, 0.3) is 0 Å². The maximum Gasteiger partial charge on any atom is 0.202 e. The van der Waals surface area contributed by atoms with Gasteiger partial charge in [0, 0.05) is 16.2 Å². The van der Waals surface area contributed by atoms with Crippen LogP contribution in [-0.4, -0.2) is 36.1 Å². The minimum absolute atomic E-state index is 0.352. The molecule has 1 aromatic heterocycles. The number of thiophene rings is 1. The van der Waals surface area contributed by atoms with Gasteiger partial charge in [0.05, 0.1) is 6.54 Å². The van der Waals surface area contributed by atoms with E-state index >= 15 is 0 Å². The van der Waals surface area contributed by atoms with Crippen LogP contribution in [0.5, 0.6) is 0 Å². The number of aliphatic imine (C=N–C) groups is 1. The number of hydrogen-bond acceptors (Lipinski definition) is 5. The van der Waals surface area contributed by atoms with E-state index in [9.17, 15) is 0 Å². The molecule has 108 valence electrons. The Bertz CT molecular complexity index is 732. The monoisotopic (exact) mass is 299 g/mol. The lowest BCUT2D eigenvalue weighted by molar-refractivity contribution is -0.155. The predicted molar refractivity (Wildman–Crippen MR) is 84.5 cm³/mol. The molecule has 4 aliphatic rings. The molecule has 1 aromatic carbocycles. The number of piperidine rings is 3. The van der Waals surface area contributed by atoms with Gasteiger partial charge in [-0.15, -0.1) is 11.3 Å². The molecule has 1 spiro atoms. The molecule has 0 aliphatic carbocycles. The first-order chi connectivity index (χ1) is 10.3. The van der Waals surface area contributed by atoms with E-state index in [4.69, 9.17) is 9.83 Å². The van der Waals surface area contributed by atoms with E-state index in [0.717, 1.165) is 17.9 Å². The highest BCUT2D eigenvalue weighted by Gasteiger charge is 2.51. The lowest BCUT2D eigenvalue weighted by atomic mass is 9.81. The van der Waals surface area contributed by atoms with Gasteiger partial charge in [0.15, 0.2) is 5.84 Å². The Hall–Kier alpha value is -1.43. The van der Waals surface area contributed by atoms with Gasteiger partial charge in [-0.05, 0) is 61.0 Å². The van der Waals surface area contributed by atoms with Crippen LogP contribution in [0.15, 0.2) is 34.6 Å². The van der Waals surface area contributed by atoms with Crippen molar-refractivity contribution < 1.29 is 4.84 Å². The summed E-state index contributed by atoms with van der Waals surface area (Å²) in [5.74, 6) is 1.44. The maximum absolute atomic E-state index is 5.98. The first kappa shape index (κ1) is 12.1. The third-order valence-electron chi connectivity index (χ3n) is 5.03. The molecule has 4 nitrogen and oxygen atoms in total. The lowest BCUT2D eigenvalue weighted by Gasteiger charge is -2.47. The molecule has 5 heterocycles. The van der Waals surface area contributed by atoms with E-state index in [2.05, 4.69) is 40.0 Å². The van der Waals surface area contributed by atoms with Gasteiger partial charge >= 0.3 is 0 Å². The van der Waals surface area contributed by atoms with Crippen LogP contribution in [0.4, 0.5) is 0 Å². The highest BCUT2D eigenvalue weighted by molar-refractivity contribution is 7.17. The van der Waals surface area contributed by atoms with Crippen LogP contribution in [0.25, 0.3) is 10.1 Å². The molecule has 1 unspecified atom stereocenters. The normalized spacial score (nSPS) is 34.4. The van der Waals surface area contributed by atoms with Crippen LogP contribution in [0.2, 0.25) is 0 Å². The number of fused-ring (bicyclic) bond motifs is 3. The third-order valence-corrected chi connectivity index (χ3v) is 5.92. The zero-order chi connectivity index (χ0) is 13.9. The van der Waals surface area contributed by atoms with Crippen molar-refractivity contribution in [3.63, 3.8) is 0 Å². The van der Waals surface area contributed by atoms with Gasteiger partial charge in [0.2, 0.25) is 5.72 Å². The molecule has 3 saturated heterocycles. The quantitative estimate of drug-likeness (QED) is 0.879. The third kappa shape index (κ3) is 1.78. The Morgan fingerprint density at radius 1 is 1.29 bits per heavy atom. The van der Waals surface area contributed by atoms with Gasteiger partial charge in [-0.3, -0.25) is 4.90 Å². The van der Waals surface area contributed by atoms with Crippen molar-refractivity contribution in [2.75, 3.05) is 19.6 Å². The highest BCUT2D eigenvalue weighted by atomic mass is 32.1. The van der Waals surface area contributed by atoms with Crippen LogP contribution in [0, 0.1) is 5.92 Å². The Balaban J connectivity index is 1.53. The van der Waals surface area contributed by atoms with Crippen LogP contribution in [0.1, 0.15) is 18.4 Å². The largest absolute Gasteiger partial charge is 0.298 e. The van der Waals surface area contributed by atoms with Gasteiger partial charge in [-0.1, -0.05) is 0 Å². The molecule has 0 amide bonds. The second-order valence-corrected chi connectivity index (χ2v) is 7.18. The van der Waals surface area contributed by atoms with Crippen molar-refractivity contribution in [3.8, 4) is 0 Å². The van der Waals surface area contributed by atoms with E-state index in [1.165, 1.54) is 36.0 Å². The minimum Gasteiger partial charge on any atom is -0.298 e. The zero-order valence-electron chi connectivity index (χ0n) is 11.7. The number of benzene rings is 1. The number of nitrogens with one attached hydrogen (secondary N) is 1. The Morgan fingerprint density at radius 2 is 2.19 bits per heavy atom. The Morgan fingerprint density at radius 3 is 3.00 bits per heavy atom. The van der Waals surface area contributed by atoms with Gasteiger partial charge < -0.3 is 0 Å². The molecule has 2 bridgehead atoms. The standard InChI is InChI=1S/C16H17N3OS/c1-2-14-11(5-8-21-14)9-12(1)15-17-16(20-18-15)10-19-6-3-13(16)4-7-19/h1-2,5,8-9,13H,3-4,6-7,10H2,(H,17,18). The van der Waals surface area contributed by atoms with E-state index in [1.807, 2.05) is 0 Å². The summed E-state index contributed by atoms with van der Waals surface area (Å²) in [5, 5.41) is 3.40. The van der Waals surface area contributed by atoms with E-state index in [0.29, 0.717) is 5.92 Å². The fraction of sp³-hybridized carbons (Fsp3) is 0.438. The molecule has 3 fully saturated rings. The van der Waals surface area contributed by atoms with Crippen molar-refractivity contribution in [3.05, 3.63) is 35.2 Å². The lowest BCUT2D eigenvalue weighted by Crippen LogP contribution is -2.58. The molecular weight excluding hydrogens is 282 g/mol. The molecule has 0 radical (unpaired) electrons. The van der Waals surface area contributed by atoms with Crippen LogP contribution in [-0.2, 0) is 4.84 Å². The number of hydrogen-bond donors (Lipinski definition) is 1. The van der Waals surface area contributed by atoms with E-state index in [1.54, 1.807) is 11.3 Å². The van der Waals surface area contributed by atoms with Crippen molar-refractivity contribution in [1.29, 1.82) is 0 Å². The molecule has 6 rings (SSSR count). The first-order valence-corrected chi connectivity index (χ1v) is 8.44. The number of rotatable bonds is 1. The number of amidine groups is 1. The van der Waals surface area contributed by atoms with Gasteiger partial charge in [-0.2, -0.15) is 0 Å². The smallest absolute Gasteiger partial charge is 0.202 e. The summed E-state index contributed by atoms with van der Waals surface area (Å²) in [6, 6.07) is 8.65. The highest BCUT2D eigenvalue weighted by Crippen LogP contribution is 2.41. The van der Waals surface area contributed by atoms with Gasteiger partial charge in [-0.25, -0.2) is 15.3 Å². The second-order valence-electron chi connectivity index (χ2n) is 6.23. The van der Waals surface area contributed by atoms with Crippen molar-refractivity contribution >= 4 is 27.3 Å². The fourth-order valence-corrected chi connectivity index (χ4v) is 4.61. The Kier molecular flexibility index (Phi) is 2.48. The second kappa shape index (κ2) is 4.29. The van der Waals surface area contributed by atoms with Crippen LogP contribution >= 0.6 is 11.3 Å². The molecule has 2 aromatic rings. The molecule has 5 heteroatoms. The average Bonchev–Trinajstić information content (AvgIpc) is 3.15. The van der Waals surface area contributed by atoms with Gasteiger partial charge in [0.1, 0.15) is 0 Å². The molecule has 1 atom stereocenters. The minimum atomic E-state index is -0.352. The molecule has 0 saturated carbocycles. The molecule has 21 heavy (non-hydrogen) atoms. The number of hydroxylamine groups is 1. The van der Waals surface area contributed by atoms with E-state index in [-0.39, 0.29) is 5.72 Å². The summed E-state index contributed by atoms with van der Waals surface area (Å²) in [6.45, 7) is 3.32.